The summed E-state index contributed by atoms with van der Waals surface area (Å²) >= 11 is 0. The molecule has 1 aliphatic heterocycles. The number of amides is 1. The molecule has 0 saturated heterocycles. The van der Waals surface area contributed by atoms with Crippen LogP contribution in [0.5, 0.6) is 5.75 Å². The highest BCUT2D eigenvalue weighted by Crippen LogP contribution is 2.33. The standard InChI is InChI=1S/C15H19F2NO3/c1-15(2,3)21-14(19)18-6-5-9-7-11(16)12(17)13(20-4)10(9)8-18/h7H,5-6,8H2,1-4H3. The largest absolute Gasteiger partial charge is 0.493 e. The Labute approximate surface area is 122 Å². The van der Waals surface area contributed by atoms with E-state index in [-0.39, 0.29) is 12.3 Å². The van der Waals surface area contributed by atoms with Crippen LogP contribution in [0.1, 0.15) is 31.9 Å². The molecule has 6 heteroatoms. The zero-order chi connectivity index (χ0) is 15.8. The Hall–Kier alpha value is -1.85. The SMILES string of the molecule is COc1c(F)c(F)cc2c1CN(C(=O)OC(C)(C)C)CC2. The number of hydrogen-bond donors (Lipinski definition) is 0. The minimum atomic E-state index is -1.03. The normalized spacial score (nSPS) is 14.7. The summed E-state index contributed by atoms with van der Waals surface area (Å²) in [5.74, 6) is -2.10. The van der Waals surface area contributed by atoms with Gasteiger partial charge in [0, 0.05) is 12.1 Å². The van der Waals surface area contributed by atoms with Crippen LogP contribution in [0.25, 0.3) is 0 Å². The van der Waals surface area contributed by atoms with Gasteiger partial charge in [0.2, 0.25) is 5.82 Å². The molecule has 2 rings (SSSR count). The van der Waals surface area contributed by atoms with Crippen LogP contribution >= 0.6 is 0 Å². The highest BCUT2D eigenvalue weighted by atomic mass is 19.2. The van der Waals surface area contributed by atoms with Crippen LogP contribution in [0, 0.1) is 11.6 Å². The van der Waals surface area contributed by atoms with Gasteiger partial charge >= 0.3 is 6.09 Å². The van der Waals surface area contributed by atoms with Gasteiger partial charge in [-0.2, -0.15) is 4.39 Å². The summed E-state index contributed by atoms with van der Waals surface area (Å²) in [5.41, 5.74) is 0.550. The number of rotatable bonds is 1. The van der Waals surface area contributed by atoms with Crippen LogP contribution in [-0.4, -0.2) is 30.2 Å². The number of carbonyl (C=O) groups excluding carboxylic acids is 1. The molecule has 21 heavy (non-hydrogen) atoms. The molecule has 0 aromatic heterocycles. The summed E-state index contributed by atoms with van der Waals surface area (Å²) in [6, 6.07) is 1.17. The second-order valence-corrected chi connectivity index (χ2v) is 6.00. The van der Waals surface area contributed by atoms with Crippen molar-refractivity contribution in [2.45, 2.75) is 39.3 Å². The summed E-state index contributed by atoms with van der Waals surface area (Å²) in [5, 5.41) is 0. The van der Waals surface area contributed by atoms with E-state index in [9.17, 15) is 13.6 Å². The fourth-order valence-electron chi connectivity index (χ4n) is 2.31. The van der Waals surface area contributed by atoms with Gasteiger partial charge in [-0.15, -0.1) is 0 Å². The Morgan fingerprint density at radius 3 is 2.57 bits per heavy atom. The molecule has 0 aliphatic carbocycles. The quantitative estimate of drug-likeness (QED) is 0.799. The van der Waals surface area contributed by atoms with Crippen molar-refractivity contribution in [2.75, 3.05) is 13.7 Å². The summed E-state index contributed by atoms with van der Waals surface area (Å²) in [6.45, 7) is 5.87. The summed E-state index contributed by atoms with van der Waals surface area (Å²) in [4.78, 5) is 13.5. The minimum absolute atomic E-state index is 0.141. The van der Waals surface area contributed by atoms with Crippen LogP contribution in [0.4, 0.5) is 13.6 Å². The molecule has 0 bridgehead atoms. The maximum absolute atomic E-state index is 13.8. The molecule has 4 nitrogen and oxygen atoms in total. The lowest BCUT2D eigenvalue weighted by atomic mass is 9.98. The Kier molecular flexibility index (Phi) is 4.07. The van der Waals surface area contributed by atoms with Crippen molar-refractivity contribution >= 4 is 6.09 Å². The number of halogens is 2. The van der Waals surface area contributed by atoms with E-state index in [0.29, 0.717) is 24.1 Å². The summed E-state index contributed by atoms with van der Waals surface area (Å²) in [7, 11) is 1.28. The second kappa shape index (κ2) is 5.50. The van der Waals surface area contributed by atoms with Gasteiger partial charge in [0.1, 0.15) is 5.60 Å². The van der Waals surface area contributed by atoms with Gasteiger partial charge < -0.3 is 14.4 Å². The molecule has 1 aromatic carbocycles. The fraction of sp³-hybridized carbons (Fsp3) is 0.533. The Morgan fingerprint density at radius 2 is 2.00 bits per heavy atom. The molecule has 1 aliphatic rings. The van der Waals surface area contributed by atoms with Crippen molar-refractivity contribution in [3.8, 4) is 5.75 Å². The average Bonchev–Trinajstić information content (AvgIpc) is 2.38. The van der Waals surface area contributed by atoms with Crippen LogP contribution in [0.2, 0.25) is 0 Å². The number of hydrogen-bond acceptors (Lipinski definition) is 3. The molecule has 1 amide bonds. The Balaban J connectivity index is 2.28. The summed E-state index contributed by atoms with van der Waals surface area (Å²) in [6.07, 6.45) is -0.0396. The lowest BCUT2D eigenvalue weighted by molar-refractivity contribution is 0.0222. The van der Waals surface area contributed by atoms with Crippen LogP contribution in [0.15, 0.2) is 6.07 Å². The van der Waals surface area contributed by atoms with Gasteiger partial charge in [-0.05, 0) is 38.8 Å². The highest BCUT2D eigenvalue weighted by Gasteiger charge is 2.29. The molecular weight excluding hydrogens is 280 g/mol. The molecular formula is C15H19F2NO3. The molecule has 1 heterocycles. The van der Waals surface area contributed by atoms with Gasteiger partial charge in [-0.1, -0.05) is 0 Å². The van der Waals surface area contributed by atoms with E-state index in [1.54, 1.807) is 20.8 Å². The monoisotopic (exact) mass is 299 g/mol. The lowest BCUT2D eigenvalue weighted by Gasteiger charge is -2.32. The van der Waals surface area contributed by atoms with Gasteiger partial charge in [0.25, 0.3) is 0 Å². The number of carbonyl (C=O) groups is 1. The van der Waals surface area contributed by atoms with E-state index < -0.39 is 23.3 Å². The predicted molar refractivity (Wildman–Crippen MR) is 73.3 cm³/mol. The third-order valence-electron chi connectivity index (χ3n) is 3.23. The highest BCUT2D eigenvalue weighted by molar-refractivity contribution is 5.69. The van der Waals surface area contributed by atoms with Gasteiger partial charge in [-0.25, -0.2) is 9.18 Å². The predicted octanol–water partition coefficient (Wildman–Crippen LogP) is 3.27. The van der Waals surface area contributed by atoms with Crippen molar-refractivity contribution < 1.29 is 23.0 Å². The number of methoxy groups -OCH3 is 1. The van der Waals surface area contributed by atoms with Crippen LogP contribution in [0.3, 0.4) is 0 Å². The molecule has 0 spiro atoms. The Morgan fingerprint density at radius 1 is 1.33 bits per heavy atom. The topological polar surface area (TPSA) is 38.8 Å². The first-order chi connectivity index (χ1) is 9.73. The van der Waals surface area contributed by atoms with Crippen molar-refractivity contribution in [3.63, 3.8) is 0 Å². The van der Waals surface area contributed by atoms with E-state index in [1.807, 2.05) is 0 Å². The molecule has 0 saturated carbocycles. The maximum Gasteiger partial charge on any atom is 0.410 e. The maximum atomic E-state index is 13.8. The van der Waals surface area contributed by atoms with Gasteiger partial charge in [0.05, 0.1) is 13.7 Å². The van der Waals surface area contributed by atoms with Crippen molar-refractivity contribution in [1.29, 1.82) is 0 Å². The molecule has 0 radical (unpaired) electrons. The molecule has 0 atom stereocenters. The molecule has 0 fully saturated rings. The number of fused-ring (bicyclic) bond motifs is 1. The zero-order valence-electron chi connectivity index (χ0n) is 12.6. The molecule has 116 valence electrons. The van der Waals surface area contributed by atoms with Crippen molar-refractivity contribution in [2.24, 2.45) is 0 Å². The summed E-state index contributed by atoms with van der Waals surface area (Å²) < 4.78 is 37.5. The third kappa shape index (κ3) is 3.25. The van der Waals surface area contributed by atoms with E-state index >= 15 is 0 Å². The average molecular weight is 299 g/mol. The van der Waals surface area contributed by atoms with Crippen molar-refractivity contribution in [3.05, 3.63) is 28.8 Å². The van der Waals surface area contributed by atoms with Gasteiger partial charge in [-0.3, -0.25) is 0 Å². The second-order valence-electron chi connectivity index (χ2n) is 6.00. The van der Waals surface area contributed by atoms with Crippen LogP contribution < -0.4 is 4.74 Å². The third-order valence-corrected chi connectivity index (χ3v) is 3.23. The molecule has 1 aromatic rings. The molecule has 0 unspecified atom stereocenters. The Bertz CT molecular complexity index is 567. The number of benzene rings is 1. The fourth-order valence-corrected chi connectivity index (χ4v) is 2.31. The molecule has 0 N–H and O–H groups in total. The van der Waals surface area contributed by atoms with E-state index in [2.05, 4.69) is 0 Å². The lowest BCUT2D eigenvalue weighted by Crippen LogP contribution is -2.40. The minimum Gasteiger partial charge on any atom is -0.493 e. The zero-order valence-corrected chi connectivity index (χ0v) is 12.6. The van der Waals surface area contributed by atoms with E-state index in [4.69, 9.17) is 9.47 Å². The smallest absolute Gasteiger partial charge is 0.410 e. The number of ether oxygens (including phenoxy) is 2. The van der Waals surface area contributed by atoms with Crippen molar-refractivity contribution in [1.82, 2.24) is 4.90 Å². The first-order valence-corrected chi connectivity index (χ1v) is 6.74. The van der Waals surface area contributed by atoms with Gasteiger partial charge in [0.15, 0.2) is 11.6 Å². The number of nitrogens with zero attached hydrogens (tertiary/aromatic N) is 1. The van der Waals surface area contributed by atoms with Crippen LogP contribution in [-0.2, 0) is 17.7 Å². The van der Waals surface area contributed by atoms with E-state index in [1.165, 1.54) is 18.1 Å². The van der Waals surface area contributed by atoms with E-state index in [0.717, 1.165) is 0 Å². The first kappa shape index (κ1) is 15.5. The first-order valence-electron chi connectivity index (χ1n) is 6.74.